The van der Waals surface area contributed by atoms with Gasteiger partial charge in [-0.3, -0.25) is 4.90 Å². The van der Waals surface area contributed by atoms with E-state index in [1.807, 2.05) is 60.7 Å². The van der Waals surface area contributed by atoms with E-state index in [0.29, 0.717) is 12.1 Å². The van der Waals surface area contributed by atoms with E-state index in [1.54, 1.807) is 0 Å². The van der Waals surface area contributed by atoms with E-state index in [2.05, 4.69) is 17.0 Å². The molecule has 0 radical (unpaired) electrons. The van der Waals surface area contributed by atoms with Gasteiger partial charge in [0.1, 0.15) is 0 Å². The fourth-order valence-electron chi connectivity index (χ4n) is 2.96. The number of nitrogens with zero attached hydrogens (tertiary/aromatic N) is 1. The predicted molar refractivity (Wildman–Crippen MR) is 96.5 cm³/mol. The summed E-state index contributed by atoms with van der Waals surface area (Å²) in [7, 11) is 0. The van der Waals surface area contributed by atoms with Crippen molar-refractivity contribution < 1.29 is 9.90 Å². The molecule has 24 heavy (non-hydrogen) atoms. The topological polar surface area (TPSA) is 40.5 Å². The molecule has 2 aromatic carbocycles. The van der Waals surface area contributed by atoms with E-state index < -0.39 is 5.97 Å². The molecule has 0 fully saturated rings. The Morgan fingerprint density at radius 1 is 1.00 bits per heavy atom. The number of carbonyl (C=O) groups is 1. The van der Waals surface area contributed by atoms with Crippen LogP contribution in [0.5, 0.6) is 0 Å². The molecule has 0 bridgehead atoms. The van der Waals surface area contributed by atoms with Crippen LogP contribution in [0, 0.1) is 0 Å². The summed E-state index contributed by atoms with van der Waals surface area (Å²) < 4.78 is 0. The molecule has 1 N–H and O–H groups in total. The van der Waals surface area contributed by atoms with Gasteiger partial charge in [0.15, 0.2) is 0 Å². The van der Waals surface area contributed by atoms with Crippen molar-refractivity contribution in [3.05, 3.63) is 89.0 Å². The maximum atomic E-state index is 11.7. The first kappa shape index (κ1) is 16.2. The molecular formula is C21H21NO2. The van der Waals surface area contributed by atoms with Crippen molar-refractivity contribution >= 4 is 12.0 Å². The predicted octanol–water partition coefficient (Wildman–Crippen LogP) is 3.99. The molecular weight excluding hydrogens is 298 g/mol. The Hall–Kier alpha value is -2.65. The molecule has 1 aliphatic heterocycles. The van der Waals surface area contributed by atoms with Gasteiger partial charge in [-0.25, -0.2) is 4.79 Å². The highest BCUT2D eigenvalue weighted by Crippen LogP contribution is 2.22. The standard InChI is InChI=1S/C21H21NO2/c23-21(24)20-16-22(15-18-9-5-2-6-10-18)14-13-19(20)12-11-17-7-3-1-4-8-17/h1-12H,13-16H2,(H,23,24)/b12-11+. The molecule has 0 saturated heterocycles. The van der Waals surface area contributed by atoms with E-state index in [-0.39, 0.29) is 0 Å². The molecule has 0 amide bonds. The van der Waals surface area contributed by atoms with Gasteiger partial charge in [-0.1, -0.05) is 72.8 Å². The van der Waals surface area contributed by atoms with Crippen molar-refractivity contribution in [1.82, 2.24) is 4.90 Å². The molecule has 3 rings (SSSR count). The maximum absolute atomic E-state index is 11.7. The molecule has 0 aliphatic carbocycles. The van der Waals surface area contributed by atoms with Gasteiger partial charge in [0.25, 0.3) is 0 Å². The van der Waals surface area contributed by atoms with Crippen molar-refractivity contribution in [2.45, 2.75) is 13.0 Å². The number of carboxylic acids is 1. The minimum Gasteiger partial charge on any atom is -0.478 e. The maximum Gasteiger partial charge on any atom is 0.333 e. The molecule has 3 heteroatoms. The average Bonchev–Trinajstić information content (AvgIpc) is 2.62. The van der Waals surface area contributed by atoms with Crippen LogP contribution in [0.3, 0.4) is 0 Å². The zero-order chi connectivity index (χ0) is 16.8. The number of allylic oxidation sites excluding steroid dienone is 1. The number of rotatable bonds is 5. The van der Waals surface area contributed by atoms with Crippen molar-refractivity contribution in [1.29, 1.82) is 0 Å². The molecule has 2 aromatic rings. The lowest BCUT2D eigenvalue weighted by molar-refractivity contribution is -0.133. The Bertz CT molecular complexity index is 748. The van der Waals surface area contributed by atoms with E-state index in [9.17, 15) is 9.90 Å². The first-order valence-electron chi connectivity index (χ1n) is 8.17. The van der Waals surface area contributed by atoms with Gasteiger partial charge in [-0.2, -0.15) is 0 Å². The van der Waals surface area contributed by atoms with Gasteiger partial charge in [-0.15, -0.1) is 0 Å². The molecule has 0 unspecified atom stereocenters. The zero-order valence-corrected chi connectivity index (χ0v) is 13.6. The van der Waals surface area contributed by atoms with Crippen molar-refractivity contribution in [3.8, 4) is 0 Å². The van der Waals surface area contributed by atoms with Gasteiger partial charge in [-0.05, 0) is 23.1 Å². The first-order chi connectivity index (χ1) is 11.7. The fraction of sp³-hybridized carbons (Fsp3) is 0.190. The lowest BCUT2D eigenvalue weighted by atomic mass is 9.98. The molecule has 0 aromatic heterocycles. The van der Waals surface area contributed by atoms with Crippen LogP contribution < -0.4 is 0 Å². The quantitative estimate of drug-likeness (QED) is 0.906. The van der Waals surface area contributed by atoms with E-state index >= 15 is 0 Å². The molecule has 1 heterocycles. The van der Waals surface area contributed by atoms with E-state index in [0.717, 1.165) is 30.6 Å². The van der Waals surface area contributed by atoms with Crippen LogP contribution in [0.15, 0.2) is 77.9 Å². The molecule has 3 nitrogen and oxygen atoms in total. The number of aliphatic carboxylic acids is 1. The lowest BCUT2D eigenvalue weighted by Crippen LogP contribution is -2.33. The fourth-order valence-corrected chi connectivity index (χ4v) is 2.96. The summed E-state index contributed by atoms with van der Waals surface area (Å²) in [4.78, 5) is 13.8. The van der Waals surface area contributed by atoms with Crippen LogP contribution in [0.2, 0.25) is 0 Å². The third-order valence-electron chi connectivity index (χ3n) is 4.25. The summed E-state index contributed by atoms with van der Waals surface area (Å²) >= 11 is 0. The second kappa shape index (κ2) is 7.75. The Labute approximate surface area is 142 Å². The third-order valence-corrected chi connectivity index (χ3v) is 4.25. The monoisotopic (exact) mass is 319 g/mol. The molecule has 0 saturated carbocycles. The summed E-state index contributed by atoms with van der Waals surface area (Å²) in [6.07, 6.45) is 4.71. The summed E-state index contributed by atoms with van der Waals surface area (Å²) in [6, 6.07) is 20.1. The molecule has 0 spiro atoms. The lowest BCUT2D eigenvalue weighted by Gasteiger charge is -2.28. The SMILES string of the molecule is O=C(O)C1=C(/C=C/c2ccccc2)CCN(Cc2ccccc2)C1. The van der Waals surface area contributed by atoms with Crippen LogP contribution in [0.1, 0.15) is 17.5 Å². The summed E-state index contributed by atoms with van der Waals surface area (Å²) in [5.74, 6) is -0.819. The molecule has 122 valence electrons. The Kier molecular flexibility index (Phi) is 5.24. The Morgan fingerprint density at radius 3 is 2.33 bits per heavy atom. The number of carboxylic acid groups (broad SMARTS) is 1. The number of benzene rings is 2. The van der Waals surface area contributed by atoms with Crippen LogP contribution in [-0.4, -0.2) is 29.1 Å². The second-order valence-corrected chi connectivity index (χ2v) is 6.00. The van der Waals surface area contributed by atoms with Gasteiger partial charge in [0.05, 0.1) is 5.57 Å². The van der Waals surface area contributed by atoms with Gasteiger partial charge in [0, 0.05) is 19.6 Å². The smallest absolute Gasteiger partial charge is 0.333 e. The van der Waals surface area contributed by atoms with E-state index in [4.69, 9.17) is 0 Å². The normalized spacial score (nSPS) is 15.8. The summed E-state index contributed by atoms with van der Waals surface area (Å²) in [5, 5.41) is 9.57. The summed E-state index contributed by atoms with van der Waals surface area (Å²) in [5.41, 5.74) is 3.73. The van der Waals surface area contributed by atoms with Crippen LogP contribution in [0.4, 0.5) is 0 Å². The van der Waals surface area contributed by atoms with Crippen molar-refractivity contribution in [2.75, 3.05) is 13.1 Å². The number of hydrogen-bond donors (Lipinski definition) is 1. The highest BCUT2D eigenvalue weighted by atomic mass is 16.4. The second-order valence-electron chi connectivity index (χ2n) is 6.00. The minimum atomic E-state index is -0.819. The van der Waals surface area contributed by atoms with Crippen LogP contribution in [0.25, 0.3) is 6.08 Å². The van der Waals surface area contributed by atoms with Gasteiger partial charge < -0.3 is 5.11 Å². The van der Waals surface area contributed by atoms with Crippen LogP contribution in [-0.2, 0) is 11.3 Å². The van der Waals surface area contributed by atoms with Crippen molar-refractivity contribution in [3.63, 3.8) is 0 Å². The van der Waals surface area contributed by atoms with E-state index in [1.165, 1.54) is 5.56 Å². The van der Waals surface area contributed by atoms with Gasteiger partial charge >= 0.3 is 5.97 Å². The van der Waals surface area contributed by atoms with Crippen molar-refractivity contribution in [2.24, 2.45) is 0 Å². The first-order valence-corrected chi connectivity index (χ1v) is 8.17. The highest BCUT2D eigenvalue weighted by Gasteiger charge is 2.22. The number of hydrogen-bond acceptors (Lipinski definition) is 2. The summed E-state index contributed by atoms with van der Waals surface area (Å²) in [6.45, 7) is 2.14. The third kappa shape index (κ3) is 4.21. The zero-order valence-electron chi connectivity index (χ0n) is 13.6. The Balaban J connectivity index is 1.74. The highest BCUT2D eigenvalue weighted by molar-refractivity contribution is 5.89. The largest absolute Gasteiger partial charge is 0.478 e. The molecule has 1 aliphatic rings. The molecule has 0 atom stereocenters. The van der Waals surface area contributed by atoms with Crippen LogP contribution >= 0.6 is 0 Å². The van der Waals surface area contributed by atoms with Gasteiger partial charge in [0.2, 0.25) is 0 Å². The Morgan fingerprint density at radius 2 is 1.67 bits per heavy atom. The average molecular weight is 319 g/mol. The minimum absolute atomic E-state index is 0.485.